The van der Waals surface area contributed by atoms with Crippen molar-refractivity contribution in [2.24, 2.45) is 0 Å². The summed E-state index contributed by atoms with van der Waals surface area (Å²) in [6.07, 6.45) is 0.691. The summed E-state index contributed by atoms with van der Waals surface area (Å²) in [4.78, 5) is 12.2. The van der Waals surface area contributed by atoms with E-state index < -0.39 is 0 Å². The Morgan fingerprint density at radius 2 is 1.93 bits per heavy atom. The van der Waals surface area contributed by atoms with E-state index in [-0.39, 0.29) is 17.5 Å². The third-order valence-corrected chi connectivity index (χ3v) is 5.16. The van der Waals surface area contributed by atoms with Crippen LogP contribution in [-0.4, -0.2) is 26.4 Å². The molecule has 1 N–H and O–H groups in total. The van der Waals surface area contributed by atoms with Crippen molar-refractivity contribution in [2.45, 2.75) is 32.0 Å². The van der Waals surface area contributed by atoms with E-state index in [0.29, 0.717) is 22.8 Å². The quantitative estimate of drug-likeness (QED) is 0.624. The second-order valence-electron chi connectivity index (χ2n) is 6.05. The van der Waals surface area contributed by atoms with E-state index in [1.807, 2.05) is 29.7 Å². The lowest BCUT2D eigenvalue weighted by Gasteiger charge is -2.09. The molecule has 0 spiro atoms. The predicted molar refractivity (Wildman–Crippen MR) is 105 cm³/mol. The molecule has 1 aromatic heterocycles. The first-order valence-electron chi connectivity index (χ1n) is 8.72. The number of hydrogen-bond donors (Lipinski definition) is 1. The molecule has 0 fully saturated rings. The summed E-state index contributed by atoms with van der Waals surface area (Å²) in [6.45, 7) is 4.39. The number of nitrogens with zero attached hydrogens (tertiary/aromatic N) is 3. The average molecular weight is 384 g/mol. The Hall–Kier alpha value is -2.67. The van der Waals surface area contributed by atoms with Crippen molar-refractivity contribution in [3.63, 3.8) is 0 Å². The molecule has 0 atom stereocenters. The van der Waals surface area contributed by atoms with Crippen LogP contribution in [0.3, 0.4) is 0 Å². The molecule has 3 rings (SSSR count). The summed E-state index contributed by atoms with van der Waals surface area (Å²) in [7, 11) is 0. The first-order chi connectivity index (χ1) is 13.1. The number of rotatable bonds is 7. The van der Waals surface area contributed by atoms with E-state index in [4.69, 9.17) is 0 Å². The summed E-state index contributed by atoms with van der Waals surface area (Å²) >= 11 is 1.32. The van der Waals surface area contributed by atoms with Gasteiger partial charge < -0.3 is 9.88 Å². The largest absolute Gasteiger partial charge is 0.325 e. The van der Waals surface area contributed by atoms with Crippen molar-refractivity contribution >= 4 is 23.4 Å². The molecule has 7 heteroatoms. The lowest BCUT2D eigenvalue weighted by atomic mass is 10.1. The Bertz CT molecular complexity index is 927. The van der Waals surface area contributed by atoms with Gasteiger partial charge in [0.05, 0.1) is 5.75 Å². The SMILES string of the molecule is CCn1c(Cc2ccccc2)nnc1SCC(=O)Nc1cccc(F)c1C. The lowest BCUT2D eigenvalue weighted by molar-refractivity contribution is -0.113. The molecule has 3 aromatic rings. The van der Waals surface area contributed by atoms with Crippen molar-refractivity contribution in [1.82, 2.24) is 14.8 Å². The van der Waals surface area contributed by atoms with Crippen LogP contribution in [0.15, 0.2) is 53.7 Å². The Morgan fingerprint density at radius 3 is 2.67 bits per heavy atom. The van der Waals surface area contributed by atoms with Crippen LogP contribution in [0.25, 0.3) is 0 Å². The van der Waals surface area contributed by atoms with Gasteiger partial charge in [-0.15, -0.1) is 10.2 Å². The number of aromatic nitrogens is 3. The fourth-order valence-electron chi connectivity index (χ4n) is 2.71. The van der Waals surface area contributed by atoms with Crippen LogP contribution in [0.4, 0.5) is 10.1 Å². The number of hydrogen-bond acceptors (Lipinski definition) is 4. The molecule has 1 amide bonds. The van der Waals surface area contributed by atoms with Gasteiger partial charge in [-0.2, -0.15) is 0 Å². The van der Waals surface area contributed by atoms with Crippen molar-refractivity contribution in [1.29, 1.82) is 0 Å². The van der Waals surface area contributed by atoms with Crippen LogP contribution in [-0.2, 0) is 17.8 Å². The molecule has 0 aliphatic carbocycles. The van der Waals surface area contributed by atoms with E-state index in [2.05, 4.69) is 27.6 Å². The number of anilines is 1. The minimum absolute atomic E-state index is 0.180. The lowest BCUT2D eigenvalue weighted by Crippen LogP contribution is -2.16. The fourth-order valence-corrected chi connectivity index (χ4v) is 3.53. The minimum atomic E-state index is -0.336. The highest BCUT2D eigenvalue weighted by atomic mass is 32.2. The maximum absolute atomic E-state index is 13.6. The number of halogens is 1. The molecular weight excluding hydrogens is 363 g/mol. The zero-order chi connectivity index (χ0) is 19.2. The summed E-state index contributed by atoms with van der Waals surface area (Å²) in [6, 6.07) is 14.7. The van der Waals surface area contributed by atoms with Crippen LogP contribution < -0.4 is 5.32 Å². The van der Waals surface area contributed by atoms with Crippen LogP contribution in [0, 0.1) is 12.7 Å². The molecule has 27 heavy (non-hydrogen) atoms. The highest BCUT2D eigenvalue weighted by Gasteiger charge is 2.14. The second-order valence-corrected chi connectivity index (χ2v) is 7.00. The van der Waals surface area contributed by atoms with Gasteiger partial charge >= 0.3 is 0 Å². The van der Waals surface area contributed by atoms with Crippen LogP contribution in [0.1, 0.15) is 23.9 Å². The van der Waals surface area contributed by atoms with Crippen molar-refractivity contribution in [2.75, 3.05) is 11.1 Å². The molecule has 140 valence electrons. The number of carbonyl (C=O) groups excluding carboxylic acids is 1. The van der Waals surface area contributed by atoms with Crippen LogP contribution in [0.2, 0.25) is 0 Å². The smallest absolute Gasteiger partial charge is 0.234 e. The van der Waals surface area contributed by atoms with E-state index in [0.717, 1.165) is 17.9 Å². The van der Waals surface area contributed by atoms with Gasteiger partial charge in [0.1, 0.15) is 11.6 Å². The normalized spacial score (nSPS) is 10.8. The summed E-state index contributed by atoms with van der Waals surface area (Å²) in [5, 5.41) is 12.0. The summed E-state index contributed by atoms with van der Waals surface area (Å²) in [5.41, 5.74) is 2.08. The molecule has 2 aromatic carbocycles. The molecule has 0 aliphatic heterocycles. The number of carbonyl (C=O) groups is 1. The molecule has 0 bridgehead atoms. The zero-order valence-electron chi connectivity index (χ0n) is 15.3. The standard InChI is InChI=1S/C20H21FN4OS/c1-3-25-18(12-15-8-5-4-6-9-15)23-24-20(25)27-13-19(26)22-17-11-7-10-16(21)14(17)2/h4-11H,3,12-13H2,1-2H3,(H,22,26). The van der Waals surface area contributed by atoms with Crippen molar-refractivity contribution in [3.05, 3.63) is 71.3 Å². The van der Waals surface area contributed by atoms with Crippen molar-refractivity contribution in [3.8, 4) is 0 Å². The van der Waals surface area contributed by atoms with Gasteiger partial charge in [-0.1, -0.05) is 48.2 Å². The van der Waals surface area contributed by atoms with Gasteiger partial charge in [0.25, 0.3) is 0 Å². The molecule has 0 saturated heterocycles. The van der Waals surface area contributed by atoms with Gasteiger partial charge in [-0.05, 0) is 31.5 Å². The van der Waals surface area contributed by atoms with Gasteiger partial charge in [0, 0.05) is 24.2 Å². The van der Waals surface area contributed by atoms with E-state index in [9.17, 15) is 9.18 Å². The van der Waals surface area contributed by atoms with Crippen LogP contribution >= 0.6 is 11.8 Å². The Kier molecular flexibility index (Phi) is 6.24. The molecule has 0 radical (unpaired) electrons. The fraction of sp³-hybridized carbons (Fsp3) is 0.250. The van der Waals surface area contributed by atoms with Gasteiger partial charge in [0.2, 0.25) is 5.91 Å². The molecule has 0 unspecified atom stereocenters. The molecule has 0 saturated carbocycles. The minimum Gasteiger partial charge on any atom is -0.325 e. The molecule has 0 aliphatic rings. The van der Waals surface area contributed by atoms with E-state index in [1.54, 1.807) is 19.1 Å². The first kappa shape index (κ1) is 19.1. The maximum Gasteiger partial charge on any atom is 0.234 e. The summed E-state index contributed by atoms with van der Waals surface area (Å²) in [5.74, 6) is 0.507. The number of benzene rings is 2. The van der Waals surface area contributed by atoms with Crippen molar-refractivity contribution < 1.29 is 9.18 Å². The molecule has 1 heterocycles. The first-order valence-corrected chi connectivity index (χ1v) is 9.70. The third-order valence-electron chi connectivity index (χ3n) is 4.19. The van der Waals surface area contributed by atoms with Gasteiger partial charge in [-0.3, -0.25) is 4.79 Å². The Balaban J connectivity index is 1.64. The third kappa shape index (κ3) is 4.74. The second kappa shape index (κ2) is 8.81. The number of nitrogens with one attached hydrogen (secondary N) is 1. The summed E-state index contributed by atoms with van der Waals surface area (Å²) < 4.78 is 15.6. The topological polar surface area (TPSA) is 59.8 Å². The number of thioether (sulfide) groups is 1. The molecular formula is C20H21FN4OS. The monoisotopic (exact) mass is 384 g/mol. The maximum atomic E-state index is 13.6. The Morgan fingerprint density at radius 1 is 1.15 bits per heavy atom. The zero-order valence-corrected chi connectivity index (χ0v) is 16.1. The Labute approximate surface area is 162 Å². The van der Waals surface area contributed by atoms with Crippen LogP contribution in [0.5, 0.6) is 0 Å². The highest BCUT2D eigenvalue weighted by Crippen LogP contribution is 2.21. The predicted octanol–water partition coefficient (Wildman–Crippen LogP) is 4.07. The van der Waals surface area contributed by atoms with E-state index in [1.165, 1.54) is 17.8 Å². The van der Waals surface area contributed by atoms with E-state index >= 15 is 0 Å². The highest BCUT2D eigenvalue weighted by molar-refractivity contribution is 7.99. The van der Waals surface area contributed by atoms with Gasteiger partial charge in [0.15, 0.2) is 5.16 Å². The molecule has 5 nitrogen and oxygen atoms in total. The van der Waals surface area contributed by atoms with Gasteiger partial charge in [-0.25, -0.2) is 4.39 Å². The average Bonchev–Trinajstić information content (AvgIpc) is 3.06. The number of amides is 1.